The van der Waals surface area contributed by atoms with Gasteiger partial charge in [-0.1, -0.05) is 11.6 Å². The van der Waals surface area contributed by atoms with E-state index in [4.69, 9.17) is 21.1 Å². The number of carbonyl (C=O) groups is 2. The van der Waals surface area contributed by atoms with E-state index in [2.05, 4.69) is 4.98 Å². The van der Waals surface area contributed by atoms with Crippen molar-refractivity contribution in [2.45, 2.75) is 25.8 Å². The zero-order valence-electron chi connectivity index (χ0n) is 14.6. The second-order valence-corrected chi connectivity index (χ2v) is 6.67. The summed E-state index contributed by atoms with van der Waals surface area (Å²) in [4.78, 5) is 50.2. The van der Waals surface area contributed by atoms with Gasteiger partial charge in [-0.2, -0.15) is 0 Å². The largest absolute Gasteiger partial charge is 0.481 e. The molecule has 3 rings (SSSR count). The lowest BCUT2D eigenvalue weighted by Crippen LogP contribution is -2.42. The monoisotopic (exact) mass is 406 g/mol. The van der Waals surface area contributed by atoms with Gasteiger partial charge in [-0.25, -0.2) is 14.2 Å². The summed E-state index contributed by atoms with van der Waals surface area (Å²) in [6.07, 6.45) is -0.690. The molecule has 146 valence electrons. The Bertz CT molecular complexity index is 1200. The lowest BCUT2D eigenvalue weighted by atomic mass is 10.1. The summed E-state index contributed by atoms with van der Waals surface area (Å²) in [5, 5.41) is 18.4. The molecule has 3 N–H and O–H groups in total. The van der Waals surface area contributed by atoms with Crippen molar-refractivity contribution >= 4 is 34.4 Å². The van der Waals surface area contributed by atoms with Gasteiger partial charge in [0.1, 0.15) is 17.6 Å². The number of aromatic nitrogens is 2. The molecular formula is C18H15ClN2O7. The SMILES string of the molecule is Cc1ccc(Cc2cc(Cl)cc3c(=O)n(C(CC(=O)O)C(=O)O)c(=O)[nH]c23)o1. The number of H-pyrrole nitrogens is 1. The smallest absolute Gasteiger partial charge is 0.329 e. The third-order valence-corrected chi connectivity index (χ3v) is 4.43. The maximum atomic E-state index is 12.8. The quantitative estimate of drug-likeness (QED) is 0.567. The van der Waals surface area contributed by atoms with Gasteiger partial charge in [-0.3, -0.25) is 9.59 Å². The number of fused-ring (bicyclic) bond motifs is 1. The first kappa shape index (κ1) is 19.4. The minimum atomic E-state index is -1.85. The van der Waals surface area contributed by atoms with Crippen LogP contribution in [0.15, 0.2) is 38.3 Å². The van der Waals surface area contributed by atoms with E-state index in [1.54, 1.807) is 25.1 Å². The van der Waals surface area contributed by atoms with E-state index in [9.17, 15) is 24.3 Å². The third kappa shape index (κ3) is 3.70. The van der Waals surface area contributed by atoms with E-state index >= 15 is 0 Å². The number of hydrogen-bond acceptors (Lipinski definition) is 5. The molecule has 3 aromatic rings. The Morgan fingerprint density at radius 3 is 2.54 bits per heavy atom. The Balaban J connectivity index is 2.24. The minimum absolute atomic E-state index is 0.0259. The molecule has 1 unspecified atom stereocenters. The molecule has 1 aromatic carbocycles. The number of nitrogens with zero attached hydrogens (tertiary/aromatic N) is 1. The lowest BCUT2D eigenvalue weighted by molar-refractivity contribution is -0.147. The van der Waals surface area contributed by atoms with Crippen LogP contribution in [0.3, 0.4) is 0 Å². The molecule has 0 aliphatic heterocycles. The highest BCUT2D eigenvalue weighted by Gasteiger charge is 2.27. The van der Waals surface area contributed by atoms with E-state index < -0.39 is 35.7 Å². The first-order valence-corrected chi connectivity index (χ1v) is 8.52. The highest BCUT2D eigenvalue weighted by molar-refractivity contribution is 6.31. The number of rotatable bonds is 6. The second-order valence-electron chi connectivity index (χ2n) is 6.23. The summed E-state index contributed by atoms with van der Waals surface area (Å²) in [7, 11) is 0. The van der Waals surface area contributed by atoms with Gasteiger partial charge in [0, 0.05) is 11.4 Å². The average Bonchev–Trinajstić information content (AvgIpc) is 2.99. The summed E-state index contributed by atoms with van der Waals surface area (Å²) in [5.41, 5.74) is -1.27. The van der Waals surface area contributed by atoms with Crippen LogP contribution in [0, 0.1) is 6.92 Å². The van der Waals surface area contributed by atoms with Gasteiger partial charge in [-0.15, -0.1) is 0 Å². The van der Waals surface area contributed by atoms with Crippen LogP contribution in [-0.4, -0.2) is 31.7 Å². The first-order valence-electron chi connectivity index (χ1n) is 8.14. The van der Waals surface area contributed by atoms with Crippen LogP contribution in [0.4, 0.5) is 0 Å². The Hall–Kier alpha value is -3.33. The van der Waals surface area contributed by atoms with Crippen LogP contribution >= 0.6 is 11.6 Å². The van der Waals surface area contributed by atoms with E-state index in [0.29, 0.717) is 21.7 Å². The molecule has 1 atom stereocenters. The molecule has 0 fully saturated rings. The number of furan rings is 1. The van der Waals surface area contributed by atoms with Crippen molar-refractivity contribution in [2.24, 2.45) is 0 Å². The predicted octanol–water partition coefficient (Wildman–Crippen LogP) is 1.94. The number of aryl methyl sites for hydroxylation is 1. The van der Waals surface area contributed by atoms with Crippen molar-refractivity contribution in [2.75, 3.05) is 0 Å². The van der Waals surface area contributed by atoms with E-state index in [0.717, 1.165) is 0 Å². The fourth-order valence-electron chi connectivity index (χ4n) is 3.01. The summed E-state index contributed by atoms with van der Waals surface area (Å²) < 4.78 is 5.90. The lowest BCUT2D eigenvalue weighted by Gasteiger charge is -2.14. The molecule has 2 aromatic heterocycles. The summed E-state index contributed by atoms with van der Waals surface area (Å²) >= 11 is 6.10. The molecule has 0 aliphatic rings. The Morgan fingerprint density at radius 1 is 1.25 bits per heavy atom. The number of carboxylic acids is 2. The van der Waals surface area contributed by atoms with Crippen molar-refractivity contribution < 1.29 is 24.2 Å². The molecule has 0 aliphatic carbocycles. The van der Waals surface area contributed by atoms with E-state index in [1.165, 1.54) is 6.07 Å². The topological polar surface area (TPSA) is 143 Å². The normalized spacial score (nSPS) is 12.2. The number of aliphatic carboxylic acids is 2. The van der Waals surface area contributed by atoms with E-state index in [1.807, 2.05) is 0 Å². The van der Waals surface area contributed by atoms with E-state index in [-0.39, 0.29) is 22.3 Å². The van der Waals surface area contributed by atoms with Crippen LogP contribution in [0.25, 0.3) is 10.9 Å². The molecule has 9 nitrogen and oxygen atoms in total. The predicted molar refractivity (Wildman–Crippen MR) is 99.0 cm³/mol. The van der Waals surface area contributed by atoms with Crippen LogP contribution in [-0.2, 0) is 16.0 Å². The number of halogens is 1. The number of hydrogen-bond donors (Lipinski definition) is 3. The first-order chi connectivity index (χ1) is 13.2. The standard InChI is InChI=1S/C18H15ClN2O7/c1-8-2-3-11(28-8)5-9-4-10(19)6-12-15(9)20-18(27)21(16(12)24)13(17(25)26)7-14(22)23/h2-4,6,13H,5,7H2,1H3,(H,20,27)(H,22,23)(H,25,26). The van der Waals surface area contributed by atoms with Gasteiger partial charge < -0.3 is 19.6 Å². The maximum absolute atomic E-state index is 12.8. The van der Waals surface area contributed by atoms with Gasteiger partial charge in [0.05, 0.1) is 17.3 Å². The molecule has 0 saturated carbocycles. The highest BCUT2D eigenvalue weighted by atomic mass is 35.5. The highest BCUT2D eigenvalue weighted by Crippen LogP contribution is 2.23. The molecule has 0 amide bonds. The van der Waals surface area contributed by atoms with Crippen molar-refractivity contribution in [1.82, 2.24) is 9.55 Å². The Kier molecular flexibility index (Phi) is 5.10. The van der Waals surface area contributed by atoms with Crippen LogP contribution < -0.4 is 11.2 Å². The molecule has 0 saturated heterocycles. The maximum Gasteiger partial charge on any atom is 0.329 e. The molecule has 10 heteroatoms. The molecular weight excluding hydrogens is 392 g/mol. The third-order valence-electron chi connectivity index (χ3n) is 4.21. The van der Waals surface area contributed by atoms with Crippen molar-refractivity contribution in [1.29, 1.82) is 0 Å². The zero-order chi connectivity index (χ0) is 20.6. The van der Waals surface area contributed by atoms with Crippen LogP contribution in [0.5, 0.6) is 0 Å². The number of aromatic amines is 1. The van der Waals surface area contributed by atoms with Crippen LogP contribution in [0.1, 0.15) is 29.5 Å². The van der Waals surface area contributed by atoms with Gasteiger partial charge >= 0.3 is 17.6 Å². The van der Waals surface area contributed by atoms with Crippen molar-refractivity contribution in [3.8, 4) is 0 Å². The second kappa shape index (κ2) is 7.35. The minimum Gasteiger partial charge on any atom is -0.481 e. The summed E-state index contributed by atoms with van der Waals surface area (Å²) in [6.45, 7) is 1.77. The van der Waals surface area contributed by atoms with Crippen molar-refractivity contribution in [3.05, 3.63) is 67.2 Å². The molecule has 0 spiro atoms. The van der Waals surface area contributed by atoms with Gasteiger partial charge in [-0.05, 0) is 36.8 Å². The fraction of sp³-hybridized carbons (Fsp3) is 0.222. The van der Waals surface area contributed by atoms with Crippen LogP contribution in [0.2, 0.25) is 5.02 Å². The fourth-order valence-corrected chi connectivity index (χ4v) is 3.25. The number of benzene rings is 1. The average molecular weight is 407 g/mol. The molecule has 0 radical (unpaired) electrons. The van der Waals surface area contributed by atoms with Crippen molar-refractivity contribution in [3.63, 3.8) is 0 Å². The number of nitrogens with one attached hydrogen (secondary N) is 1. The molecule has 28 heavy (non-hydrogen) atoms. The summed E-state index contributed by atoms with van der Waals surface area (Å²) in [6, 6.07) is 4.51. The Morgan fingerprint density at radius 2 is 1.96 bits per heavy atom. The number of carboxylic acid groups (broad SMARTS) is 2. The molecule has 0 bridgehead atoms. The summed E-state index contributed by atoms with van der Waals surface area (Å²) in [5.74, 6) is -1.79. The van der Waals surface area contributed by atoms with Gasteiger partial charge in [0.15, 0.2) is 0 Å². The zero-order valence-corrected chi connectivity index (χ0v) is 15.3. The molecule has 2 heterocycles. The van der Waals surface area contributed by atoms with Gasteiger partial charge in [0.25, 0.3) is 5.56 Å². The Labute approximate surface area is 161 Å². The van der Waals surface area contributed by atoms with Gasteiger partial charge in [0.2, 0.25) is 0 Å².